The number of nitrogens with one attached hydrogen (secondary N) is 1. The maximum absolute atomic E-state index is 4.43. The third-order valence-corrected chi connectivity index (χ3v) is 2.64. The highest BCUT2D eigenvalue weighted by atomic mass is 32.1. The van der Waals surface area contributed by atoms with Crippen molar-refractivity contribution >= 4 is 17.5 Å². The maximum atomic E-state index is 4.43. The van der Waals surface area contributed by atoms with E-state index in [1.165, 1.54) is 11.5 Å². The number of hydrogen-bond donors (Lipinski definition) is 1. The van der Waals surface area contributed by atoms with Crippen LogP contribution in [0.1, 0.15) is 13.8 Å². The molecule has 84 valence electrons. The zero-order valence-electron chi connectivity index (χ0n) is 9.34. The lowest BCUT2D eigenvalue weighted by molar-refractivity contribution is 0.684. The van der Waals surface area contributed by atoms with Crippen molar-refractivity contribution in [3.8, 4) is 11.3 Å². The molecule has 0 radical (unpaired) electrons. The molecule has 0 atom stereocenters. The summed E-state index contributed by atoms with van der Waals surface area (Å²) in [4.78, 5) is 8.61. The number of nitrogens with zero attached hydrogens (tertiary/aromatic N) is 3. The largest absolute Gasteiger partial charge is 0.354 e. The molecule has 16 heavy (non-hydrogen) atoms. The third-order valence-electron chi connectivity index (χ3n) is 2.05. The van der Waals surface area contributed by atoms with E-state index < -0.39 is 0 Å². The van der Waals surface area contributed by atoms with Gasteiger partial charge < -0.3 is 5.32 Å². The smallest absolute Gasteiger partial charge is 0.223 e. The molecule has 0 spiro atoms. The van der Waals surface area contributed by atoms with Crippen molar-refractivity contribution < 1.29 is 0 Å². The van der Waals surface area contributed by atoms with E-state index in [0.29, 0.717) is 11.9 Å². The molecule has 0 saturated heterocycles. The van der Waals surface area contributed by atoms with Crippen molar-refractivity contribution in [1.29, 1.82) is 0 Å². The number of aromatic nitrogens is 3. The summed E-state index contributed by atoms with van der Waals surface area (Å²) in [6.07, 6.45) is 3.59. The van der Waals surface area contributed by atoms with Crippen LogP contribution in [0.3, 0.4) is 0 Å². The van der Waals surface area contributed by atoms with Gasteiger partial charge in [0.2, 0.25) is 5.95 Å². The van der Waals surface area contributed by atoms with Crippen LogP contribution in [0.5, 0.6) is 0 Å². The summed E-state index contributed by atoms with van der Waals surface area (Å²) < 4.78 is 4.06. The highest BCUT2D eigenvalue weighted by Gasteiger charge is 2.03. The number of anilines is 1. The predicted octanol–water partition coefficient (Wildman–Crippen LogP) is 2.67. The van der Waals surface area contributed by atoms with Crippen LogP contribution in [-0.4, -0.2) is 20.9 Å². The van der Waals surface area contributed by atoms with E-state index in [2.05, 4.69) is 33.5 Å². The Morgan fingerprint density at radius 3 is 3.00 bits per heavy atom. The fourth-order valence-electron chi connectivity index (χ4n) is 1.23. The van der Waals surface area contributed by atoms with Gasteiger partial charge in [-0.15, -0.1) is 0 Å². The lowest BCUT2D eigenvalue weighted by atomic mass is 10.2. The molecule has 1 N–H and O–H groups in total. The first-order valence-electron chi connectivity index (χ1n) is 5.22. The minimum absolute atomic E-state index is 0.579. The molecule has 0 aliphatic carbocycles. The van der Waals surface area contributed by atoms with Crippen LogP contribution in [-0.2, 0) is 0 Å². The molecule has 0 bridgehead atoms. The van der Waals surface area contributed by atoms with Gasteiger partial charge in [-0.1, -0.05) is 13.8 Å². The molecule has 2 heterocycles. The monoisotopic (exact) mass is 234 g/mol. The summed E-state index contributed by atoms with van der Waals surface area (Å²) in [6.45, 7) is 5.19. The molecule has 4 nitrogen and oxygen atoms in total. The molecule has 0 saturated carbocycles. The van der Waals surface area contributed by atoms with Crippen LogP contribution in [0.15, 0.2) is 23.8 Å². The molecule has 0 aliphatic rings. The second kappa shape index (κ2) is 5.03. The minimum Gasteiger partial charge on any atom is -0.354 e. The van der Waals surface area contributed by atoms with Crippen molar-refractivity contribution in [3.05, 3.63) is 23.8 Å². The molecule has 0 aromatic carbocycles. The van der Waals surface area contributed by atoms with Gasteiger partial charge in [-0.05, 0) is 23.5 Å². The summed E-state index contributed by atoms with van der Waals surface area (Å²) in [7, 11) is 0. The van der Waals surface area contributed by atoms with Gasteiger partial charge >= 0.3 is 0 Å². The van der Waals surface area contributed by atoms with Gasteiger partial charge in [-0.3, -0.25) is 0 Å². The SMILES string of the molecule is CC(C)CNc1nccc(-c2cnsc2)n1. The maximum Gasteiger partial charge on any atom is 0.223 e. The lowest BCUT2D eigenvalue weighted by Crippen LogP contribution is -2.10. The number of rotatable bonds is 4. The zero-order chi connectivity index (χ0) is 11.4. The van der Waals surface area contributed by atoms with Gasteiger partial charge in [-0.2, -0.15) is 0 Å². The van der Waals surface area contributed by atoms with Crippen LogP contribution in [0.25, 0.3) is 11.3 Å². The van der Waals surface area contributed by atoms with Crippen molar-refractivity contribution in [3.63, 3.8) is 0 Å². The molecule has 0 unspecified atom stereocenters. The summed E-state index contributed by atoms with van der Waals surface area (Å²) in [5.74, 6) is 1.26. The van der Waals surface area contributed by atoms with E-state index in [1.54, 1.807) is 6.20 Å². The Morgan fingerprint density at radius 1 is 1.44 bits per heavy atom. The summed E-state index contributed by atoms with van der Waals surface area (Å²) in [5, 5.41) is 5.19. The topological polar surface area (TPSA) is 50.7 Å². The van der Waals surface area contributed by atoms with Gasteiger partial charge in [0.15, 0.2) is 0 Å². The van der Waals surface area contributed by atoms with E-state index in [1.807, 2.05) is 17.6 Å². The Bertz CT molecular complexity index is 439. The van der Waals surface area contributed by atoms with E-state index in [4.69, 9.17) is 0 Å². The van der Waals surface area contributed by atoms with Crippen molar-refractivity contribution in [1.82, 2.24) is 14.3 Å². The molecular formula is C11H14N4S. The molecule has 0 aliphatic heterocycles. The zero-order valence-corrected chi connectivity index (χ0v) is 10.2. The van der Waals surface area contributed by atoms with Crippen molar-refractivity contribution in [2.75, 3.05) is 11.9 Å². The van der Waals surface area contributed by atoms with Crippen LogP contribution in [0, 0.1) is 5.92 Å². The Morgan fingerprint density at radius 2 is 2.31 bits per heavy atom. The molecule has 2 aromatic rings. The summed E-state index contributed by atoms with van der Waals surface area (Å²) in [5.41, 5.74) is 1.95. The second-order valence-electron chi connectivity index (χ2n) is 3.95. The Balaban J connectivity index is 2.14. The molecule has 0 fully saturated rings. The highest BCUT2D eigenvalue weighted by Crippen LogP contribution is 2.18. The van der Waals surface area contributed by atoms with E-state index in [9.17, 15) is 0 Å². The first-order valence-corrected chi connectivity index (χ1v) is 6.06. The molecule has 2 aromatic heterocycles. The fourth-order valence-corrected chi connectivity index (χ4v) is 1.76. The minimum atomic E-state index is 0.579. The Labute approximate surface area is 98.9 Å². The number of hydrogen-bond acceptors (Lipinski definition) is 5. The average Bonchev–Trinajstić information content (AvgIpc) is 2.80. The standard InChI is InChI=1S/C11H14N4S/c1-8(2)5-13-11-12-4-3-10(15-11)9-6-14-16-7-9/h3-4,6-8H,5H2,1-2H3,(H,12,13,15). The second-order valence-corrected chi connectivity index (χ2v) is 4.61. The van der Waals surface area contributed by atoms with Crippen LogP contribution < -0.4 is 5.32 Å². The van der Waals surface area contributed by atoms with Crippen molar-refractivity contribution in [2.24, 2.45) is 5.92 Å². The van der Waals surface area contributed by atoms with Crippen LogP contribution >= 0.6 is 11.5 Å². The molecule has 0 amide bonds. The Kier molecular flexibility index (Phi) is 3.46. The van der Waals surface area contributed by atoms with Crippen LogP contribution in [0.4, 0.5) is 5.95 Å². The van der Waals surface area contributed by atoms with Crippen molar-refractivity contribution in [2.45, 2.75) is 13.8 Å². The first kappa shape index (κ1) is 11.0. The van der Waals surface area contributed by atoms with E-state index in [-0.39, 0.29) is 0 Å². The normalized spacial score (nSPS) is 10.7. The van der Waals surface area contributed by atoms with Gasteiger partial charge in [-0.25, -0.2) is 14.3 Å². The first-order chi connectivity index (χ1) is 7.75. The van der Waals surface area contributed by atoms with Gasteiger partial charge in [0.1, 0.15) is 0 Å². The molecule has 2 rings (SSSR count). The van der Waals surface area contributed by atoms with Gasteiger partial charge in [0.25, 0.3) is 0 Å². The third kappa shape index (κ3) is 2.76. The summed E-state index contributed by atoms with van der Waals surface area (Å²) >= 11 is 1.43. The van der Waals surface area contributed by atoms with Gasteiger partial charge in [0, 0.05) is 23.7 Å². The van der Waals surface area contributed by atoms with Crippen LogP contribution in [0.2, 0.25) is 0 Å². The van der Waals surface area contributed by atoms with Gasteiger partial charge in [0.05, 0.1) is 11.9 Å². The Hall–Kier alpha value is -1.49. The van der Waals surface area contributed by atoms with E-state index in [0.717, 1.165) is 17.8 Å². The average molecular weight is 234 g/mol. The lowest BCUT2D eigenvalue weighted by Gasteiger charge is -2.07. The molecule has 5 heteroatoms. The quantitative estimate of drug-likeness (QED) is 0.883. The highest BCUT2D eigenvalue weighted by molar-refractivity contribution is 7.03. The summed E-state index contributed by atoms with van der Waals surface area (Å²) in [6, 6.07) is 1.89. The predicted molar refractivity (Wildman–Crippen MR) is 66.5 cm³/mol. The fraction of sp³-hybridized carbons (Fsp3) is 0.364. The van der Waals surface area contributed by atoms with E-state index >= 15 is 0 Å². The molecular weight excluding hydrogens is 220 g/mol.